The lowest BCUT2D eigenvalue weighted by Gasteiger charge is -2.06. The summed E-state index contributed by atoms with van der Waals surface area (Å²) in [6.07, 6.45) is 1.76. The molecule has 4 rings (SSSR count). The number of aromatic nitrogens is 6. The number of aromatic amines is 2. The summed E-state index contributed by atoms with van der Waals surface area (Å²) in [7, 11) is 0. The van der Waals surface area contributed by atoms with Crippen molar-refractivity contribution in [2.45, 2.75) is 50.7 Å². The number of H-pyrrole nitrogens is 2. The molecular weight excluding hydrogens is 422 g/mol. The van der Waals surface area contributed by atoms with Crippen LogP contribution in [0.1, 0.15) is 32.5 Å². The van der Waals surface area contributed by atoms with E-state index in [0.717, 1.165) is 29.4 Å². The molecule has 0 radical (unpaired) electrons. The van der Waals surface area contributed by atoms with Gasteiger partial charge >= 0.3 is 5.69 Å². The van der Waals surface area contributed by atoms with Crippen molar-refractivity contribution in [3.63, 3.8) is 0 Å². The Balaban J connectivity index is 0.00000272. The lowest BCUT2D eigenvalue weighted by Crippen LogP contribution is -2.70. The smallest absolute Gasteiger partial charge is 0.330 e. The Kier molecular flexibility index (Phi) is 6.95. The number of thioether (sulfide) groups is 1. The van der Waals surface area contributed by atoms with Crippen LogP contribution in [0, 0.1) is 5.21 Å². The molecule has 3 aromatic heterocycles. The summed E-state index contributed by atoms with van der Waals surface area (Å²) in [5.74, 6) is 1.18. The molecule has 166 valence electrons. The average Bonchev–Trinajstić information content (AvgIpc) is 3.32. The van der Waals surface area contributed by atoms with Gasteiger partial charge in [0.05, 0.1) is 16.8 Å². The number of aryl methyl sites for hydroxylation is 2. The van der Waals surface area contributed by atoms with E-state index in [2.05, 4.69) is 19.9 Å². The average molecular weight is 448 g/mol. The number of nitrogens with zero attached hydrogens (tertiary/aromatic N) is 4. The highest BCUT2D eigenvalue weighted by Crippen LogP contribution is 2.25. The standard InChI is InChI=1S/C19H23N7O3S.H2O/c1-3-5-8-26-16-15(17(27)23-19(26)28)25(4-2)14(22-16)10-30-18-20-12-7-6-11(24-29)9-13(12)21-18;/h6-7,9H,3-5,8,10,24H2,1-2H3,(H,20,21)(H,23,27,28);1H2. The molecule has 0 amide bonds. The first-order valence-corrected chi connectivity index (χ1v) is 10.8. The Labute approximate surface area is 180 Å². The number of quaternary nitrogens is 1. The van der Waals surface area contributed by atoms with Crippen LogP contribution in [0.5, 0.6) is 0 Å². The summed E-state index contributed by atoms with van der Waals surface area (Å²) < 4.78 is 3.39. The van der Waals surface area contributed by atoms with Crippen molar-refractivity contribution >= 4 is 39.6 Å². The third-order valence-electron chi connectivity index (χ3n) is 4.97. The number of rotatable bonds is 8. The van der Waals surface area contributed by atoms with E-state index in [-0.39, 0.29) is 5.48 Å². The van der Waals surface area contributed by atoms with E-state index < -0.39 is 11.2 Å². The van der Waals surface area contributed by atoms with Gasteiger partial charge in [-0.15, -0.1) is 0 Å². The maximum Gasteiger partial charge on any atom is 0.330 e. The van der Waals surface area contributed by atoms with Crippen LogP contribution < -0.4 is 16.7 Å². The molecule has 3 heterocycles. The minimum Gasteiger partial charge on any atom is -0.630 e. The van der Waals surface area contributed by atoms with E-state index in [4.69, 9.17) is 0 Å². The molecule has 0 aliphatic heterocycles. The summed E-state index contributed by atoms with van der Waals surface area (Å²) in [4.78, 5) is 39.6. The van der Waals surface area contributed by atoms with Crippen LogP contribution in [0.3, 0.4) is 0 Å². The third kappa shape index (κ3) is 4.28. The molecule has 0 aliphatic rings. The number of benzene rings is 1. The van der Waals surface area contributed by atoms with Crippen molar-refractivity contribution in [1.82, 2.24) is 29.1 Å². The normalized spacial score (nSPS) is 11.3. The molecule has 4 aromatic rings. The molecule has 0 fully saturated rings. The van der Waals surface area contributed by atoms with Crippen molar-refractivity contribution in [1.29, 1.82) is 0 Å². The zero-order valence-corrected chi connectivity index (χ0v) is 18.1. The van der Waals surface area contributed by atoms with Crippen LogP contribution in [0.2, 0.25) is 0 Å². The maximum absolute atomic E-state index is 12.5. The fraction of sp³-hybridized carbons (Fsp3) is 0.368. The predicted octanol–water partition coefficient (Wildman–Crippen LogP) is 0.743. The van der Waals surface area contributed by atoms with Gasteiger partial charge in [-0.25, -0.2) is 14.8 Å². The van der Waals surface area contributed by atoms with Crippen LogP contribution in [0.15, 0.2) is 32.9 Å². The van der Waals surface area contributed by atoms with Crippen LogP contribution in [-0.4, -0.2) is 34.5 Å². The Bertz CT molecular complexity index is 1320. The van der Waals surface area contributed by atoms with E-state index in [0.29, 0.717) is 46.7 Å². The number of unbranched alkanes of at least 4 members (excludes halogenated alkanes) is 1. The largest absolute Gasteiger partial charge is 0.630 e. The highest BCUT2D eigenvalue weighted by Gasteiger charge is 2.18. The van der Waals surface area contributed by atoms with Crippen molar-refractivity contribution in [2.75, 3.05) is 0 Å². The number of nitrogens with one attached hydrogen (secondary N) is 2. The molecular formula is C19H25N7O4S. The summed E-state index contributed by atoms with van der Waals surface area (Å²) in [6.45, 7) is 5.06. The second-order valence-electron chi connectivity index (χ2n) is 6.93. The summed E-state index contributed by atoms with van der Waals surface area (Å²) in [6, 6.07) is 5.28. The Hall–Kier alpha value is -2.93. The van der Waals surface area contributed by atoms with E-state index in [1.807, 2.05) is 18.4 Å². The van der Waals surface area contributed by atoms with E-state index in [9.17, 15) is 14.8 Å². The molecule has 0 bridgehead atoms. The molecule has 1 aromatic carbocycles. The molecule has 11 nitrogen and oxygen atoms in total. The minimum absolute atomic E-state index is 0. The first-order chi connectivity index (χ1) is 14.5. The molecule has 12 heteroatoms. The Morgan fingerprint density at radius 1 is 1.16 bits per heavy atom. The van der Waals surface area contributed by atoms with Crippen LogP contribution in [0.25, 0.3) is 22.2 Å². The predicted molar refractivity (Wildman–Crippen MR) is 119 cm³/mol. The van der Waals surface area contributed by atoms with Gasteiger partial charge in [0, 0.05) is 25.2 Å². The van der Waals surface area contributed by atoms with E-state index in [1.165, 1.54) is 11.8 Å². The second kappa shape index (κ2) is 9.47. The van der Waals surface area contributed by atoms with Gasteiger partial charge in [0.15, 0.2) is 16.3 Å². The third-order valence-corrected chi connectivity index (χ3v) is 5.84. The van der Waals surface area contributed by atoms with Gasteiger partial charge in [0.2, 0.25) is 0 Å². The minimum atomic E-state index is -0.427. The molecule has 0 saturated heterocycles. The molecule has 0 unspecified atom stereocenters. The van der Waals surface area contributed by atoms with Crippen LogP contribution >= 0.6 is 11.8 Å². The van der Waals surface area contributed by atoms with Gasteiger partial charge in [-0.3, -0.25) is 14.3 Å². The topological polar surface area (TPSA) is 173 Å². The lowest BCUT2D eigenvalue weighted by atomic mass is 10.3. The summed E-state index contributed by atoms with van der Waals surface area (Å²) in [5.41, 5.74) is 2.95. The van der Waals surface area contributed by atoms with Crippen molar-refractivity contribution in [3.8, 4) is 0 Å². The second-order valence-corrected chi connectivity index (χ2v) is 7.90. The highest BCUT2D eigenvalue weighted by atomic mass is 32.2. The van der Waals surface area contributed by atoms with Crippen molar-refractivity contribution in [2.24, 2.45) is 0 Å². The van der Waals surface area contributed by atoms with Gasteiger partial charge in [-0.1, -0.05) is 25.1 Å². The van der Waals surface area contributed by atoms with Crippen LogP contribution in [-0.2, 0) is 18.8 Å². The monoisotopic (exact) mass is 447 g/mol. The van der Waals surface area contributed by atoms with Gasteiger partial charge in [-0.2, -0.15) is 0 Å². The molecule has 0 atom stereocenters. The van der Waals surface area contributed by atoms with E-state index in [1.54, 1.807) is 22.8 Å². The van der Waals surface area contributed by atoms with Gasteiger partial charge in [0.25, 0.3) is 5.56 Å². The van der Waals surface area contributed by atoms with Gasteiger partial charge in [-0.05, 0) is 19.4 Å². The number of imidazole rings is 2. The quantitative estimate of drug-likeness (QED) is 0.204. The number of hydrogen-bond acceptors (Lipinski definition) is 6. The zero-order valence-electron chi connectivity index (χ0n) is 17.3. The fourth-order valence-electron chi connectivity index (χ4n) is 3.47. The summed E-state index contributed by atoms with van der Waals surface area (Å²) >= 11 is 1.45. The Morgan fingerprint density at radius 2 is 1.97 bits per heavy atom. The van der Waals surface area contributed by atoms with Crippen molar-refractivity contribution < 1.29 is 11.0 Å². The molecule has 0 aliphatic carbocycles. The van der Waals surface area contributed by atoms with Gasteiger partial charge < -0.3 is 25.7 Å². The van der Waals surface area contributed by atoms with Crippen LogP contribution in [0.4, 0.5) is 5.69 Å². The highest BCUT2D eigenvalue weighted by molar-refractivity contribution is 7.98. The first kappa shape index (κ1) is 22.7. The molecule has 31 heavy (non-hydrogen) atoms. The molecule has 0 spiro atoms. The zero-order chi connectivity index (χ0) is 21.3. The maximum atomic E-state index is 12.5. The number of hydrogen-bond donors (Lipinski definition) is 3. The SMILES string of the molecule is CCCCn1c(=O)[nH]c(=O)c2c1nc(CSc1nc3ccc([NH2+][O-])cc3[nH]1)n2CC.O. The first-order valence-electron chi connectivity index (χ1n) is 9.85. The molecule has 6 N–H and O–H groups in total. The van der Waals surface area contributed by atoms with E-state index >= 15 is 0 Å². The fourth-order valence-corrected chi connectivity index (χ4v) is 4.30. The number of nitrogens with two attached hydrogens (primary N) is 1. The summed E-state index contributed by atoms with van der Waals surface area (Å²) in [5, 5.41) is 11.7. The molecule has 0 saturated carbocycles. The van der Waals surface area contributed by atoms with Crippen molar-refractivity contribution in [3.05, 3.63) is 50.1 Å². The Morgan fingerprint density at radius 3 is 2.68 bits per heavy atom. The number of fused-ring (bicyclic) bond motifs is 2. The lowest BCUT2D eigenvalue weighted by molar-refractivity contribution is -0.497. The van der Waals surface area contributed by atoms with Gasteiger partial charge in [0.1, 0.15) is 11.5 Å².